The summed E-state index contributed by atoms with van der Waals surface area (Å²) in [5.74, 6) is 0.543. The van der Waals surface area contributed by atoms with Crippen LogP contribution in [0.25, 0.3) is 4.96 Å². The normalized spacial score (nSPS) is 22.4. The number of imidazole rings is 1. The van der Waals surface area contributed by atoms with Gasteiger partial charge in [0.1, 0.15) is 0 Å². The Bertz CT molecular complexity index is 557. The number of likely N-dealkylation sites (N-methyl/N-ethyl adjacent to an activating group) is 1. The van der Waals surface area contributed by atoms with Gasteiger partial charge in [-0.1, -0.05) is 0 Å². The molecule has 0 spiro atoms. The lowest BCUT2D eigenvalue weighted by Gasteiger charge is -2.34. The molecule has 0 saturated heterocycles. The standard InChI is InChI=1S/C13H17N3O2S/c1-15(7-9-4-11(17)5-9)12(18)6-10-8-16-2-3-19-13(16)14-10/h2-3,8-9,11,17H,4-7H2,1H3. The molecule has 2 aromatic rings. The average molecular weight is 279 g/mol. The lowest BCUT2D eigenvalue weighted by molar-refractivity contribution is -0.130. The van der Waals surface area contributed by atoms with Crippen LogP contribution in [0, 0.1) is 5.92 Å². The highest BCUT2D eigenvalue weighted by Crippen LogP contribution is 2.27. The number of carbonyl (C=O) groups excluding carboxylic acids is 1. The first-order chi connectivity index (χ1) is 9.11. The second kappa shape index (κ2) is 4.94. The first-order valence-corrected chi connectivity index (χ1v) is 7.33. The Kier molecular flexibility index (Phi) is 3.28. The van der Waals surface area contributed by atoms with Crippen molar-refractivity contribution in [2.75, 3.05) is 13.6 Å². The zero-order valence-corrected chi connectivity index (χ0v) is 11.6. The smallest absolute Gasteiger partial charge is 0.228 e. The highest BCUT2D eigenvalue weighted by Gasteiger charge is 2.29. The Morgan fingerprint density at radius 2 is 2.42 bits per heavy atom. The highest BCUT2D eigenvalue weighted by atomic mass is 32.1. The van der Waals surface area contributed by atoms with Crippen molar-refractivity contribution in [1.82, 2.24) is 14.3 Å². The van der Waals surface area contributed by atoms with Gasteiger partial charge in [-0.15, -0.1) is 11.3 Å². The number of aromatic nitrogens is 2. The van der Waals surface area contributed by atoms with Crippen LogP contribution >= 0.6 is 11.3 Å². The van der Waals surface area contributed by atoms with Crippen molar-refractivity contribution in [3.8, 4) is 0 Å². The Morgan fingerprint density at radius 1 is 1.63 bits per heavy atom. The summed E-state index contributed by atoms with van der Waals surface area (Å²) < 4.78 is 1.94. The number of aliphatic hydroxyl groups is 1. The van der Waals surface area contributed by atoms with Gasteiger partial charge in [0.15, 0.2) is 4.96 Å². The predicted molar refractivity (Wildman–Crippen MR) is 73.1 cm³/mol. The largest absolute Gasteiger partial charge is 0.393 e. The van der Waals surface area contributed by atoms with Crippen molar-refractivity contribution < 1.29 is 9.90 Å². The zero-order valence-electron chi connectivity index (χ0n) is 10.8. The Balaban J connectivity index is 1.56. The number of rotatable bonds is 4. The van der Waals surface area contributed by atoms with E-state index in [1.54, 1.807) is 16.2 Å². The van der Waals surface area contributed by atoms with Gasteiger partial charge in [0.05, 0.1) is 18.2 Å². The van der Waals surface area contributed by atoms with Gasteiger partial charge in [0, 0.05) is 31.4 Å². The molecule has 2 heterocycles. The molecule has 1 N–H and O–H groups in total. The van der Waals surface area contributed by atoms with Crippen molar-refractivity contribution in [3.05, 3.63) is 23.5 Å². The quantitative estimate of drug-likeness (QED) is 0.914. The Hall–Kier alpha value is -1.40. The van der Waals surface area contributed by atoms with Gasteiger partial charge < -0.3 is 10.0 Å². The van der Waals surface area contributed by atoms with Crippen LogP contribution in [-0.2, 0) is 11.2 Å². The topological polar surface area (TPSA) is 57.8 Å². The van der Waals surface area contributed by atoms with E-state index in [1.165, 1.54) is 0 Å². The molecule has 0 atom stereocenters. The fourth-order valence-corrected chi connectivity index (χ4v) is 3.21. The third kappa shape index (κ3) is 2.64. The molecule has 0 aromatic carbocycles. The monoisotopic (exact) mass is 279 g/mol. The van der Waals surface area contributed by atoms with Gasteiger partial charge in [0.2, 0.25) is 5.91 Å². The molecule has 0 unspecified atom stereocenters. The fourth-order valence-electron chi connectivity index (χ4n) is 2.49. The summed E-state index contributed by atoms with van der Waals surface area (Å²) >= 11 is 1.57. The fraction of sp³-hybridized carbons (Fsp3) is 0.538. The summed E-state index contributed by atoms with van der Waals surface area (Å²) in [6.07, 6.45) is 5.68. The van der Waals surface area contributed by atoms with Crippen LogP contribution in [0.1, 0.15) is 18.5 Å². The first kappa shape index (κ1) is 12.6. The highest BCUT2D eigenvalue weighted by molar-refractivity contribution is 7.15. The molecular formula is C13H17N3O2S. The second-order valence-corrected chi connectivity index (χ2v) is 6.14. The van der Waals surface area contributed by atoms with Crippen molar-refractivity contribution in [2.24, 2.45) is 5.92 Å². The van der Waals surface area contributed by atoms with Crippen LogP contribution < -0.4 is 0 Å². The van der Waals surface area contributed by atoms with Crippen molar-refractivity contribution >= 4 is 22.2 Å². The molecule has 1 aliphatic carbocycles. The van der Waals surface area contributed by atoms with Gasteiger partial charge in [-0.2, -0.15) is 0 Å². The van der Waals surface area contributed by atoms with E-state index in [2.05, 4.69) is 4.98 Å². The lowest BCUT2D eigenvalue weighted by Crippen LogP contribution is -2.40. The van der Waals surface area contributed by atoms with E-state index in [9.17, 15) is 9.90 Å². The molecule has 6 heteroatoms. The number of fused-ring (bicyclic) bond motifs is 1. The summed E-state index contributed by atoms with van der Waals surface area (Å²) in [5, 5.41) is 11.2. The average Bonchev–Trinajstić information content (AvgIpc) is 2.87. The molecule has 0 aliphatic heterocycles. The number of nitrogens with zero attached hydrogens (tertiary/aromatic N) is 3. The van der Waals surface area contributed by atoms with Crippen LogP contribution in [0.2, 0.25) is 0 Å². The van der Waals surface area contributed by atoms with Crippen molar-refractivity contribution in [3.63, 3.8) is 0 Å². The summed E-state index contributed by atoms with van der Waals surface area (Å²) in [6.45, 7) is 0.734. The molecule has 1 fully saturated rings. The molecule has 1 saturated carbocycles. The summed E-state index contributed by atoms with van der Waals surface area (Å²) in [5.41, 5.74) is 0.817. The summed E-state index contributed by atoms with van der Waals surface area (Å²) in [4.78, 5) is 19.2. The van der Waals surface area contributed by atoms with E-state index in [1.807, 2.05) is 29.2 Å². The van der Waals surface area contributed by atoms with Gasteiger partial charge >= 0.3 is 0 Å². The number of aliphatic hydroxyl groups excluding tert-OH is 1. The van der Waals surface area contributed by atoms with E-state index >= 15 is 0 Å². The number of amides is 1. The molecule has 2 aromatic heterocycles. The summed E-state index contributed by atoms with van der Waals surface area (Å²) in [7, 11) is 1.82. The maximum absolute atomic E-state index is 12.1. The molecule has 1 aliphatic rings. The van der Waals surface area contributed by atoms with Gasteiger partial charge in [-0.3, -0.25) is 9.20 Å². The second-order valence-electron chi connectivity index (χ2n) is 5.27. The lowest BCUT2D eigenvalue weighted by atomic mass is 9.82. The molecule has 0 bridgehead atoms. The van der Waals surface area contributed by atoms with Crippen molar-refractivity contribution in [2.45, 2.75) is 25.4 Å². The molecule has 1 amide bonds. The van der Waals surface area contributed by atoms with Crippen LogP contribution in [0.3, 0.4) is 0 Å². The third-order valence-electron chi connectivity index (χ3n) is 3.64. The van der Waals surface area contributed by atoms with E-state index in [0.717, 1.165) is 30.0 Å². The molecule has 102 valence electrons. The Morgan fingerprint density at radius 3 is 3.11 bits per heavy atom. The van der Waals surface area contributed by atoms with Gasteiger partial charge in [-0.05, 0) is 18.8 Å². The minimum absolute atomic E-state index is 0.0899. The maximum Gasteiger partial charge on any atom is 0.228 e. The molecule has 5 nitrogen and oxygen atoms in total. The molecule has 3 rings (SSSR count). The SMILES string of the molecule is CN(CC1CC(O)C1)C(=O)Cc1cn2ccsc2n1. The predicted octanol–water partition coefficient (Wildman–Crippen LogP) is 1.17. The van der Waals surface area contributed by atoms with E-state index < -0.39 is 0 Å². The summed E-state index contributed by atoms with van der Waals surface area (Å²) in [6, 6.07) is 0. The number of thiazole rings is 1. The zero-order chi connectivity index (χ0) is 13.4. The van der Waals surface area contributed by atoms with Crippen LogP contribution in [0.15, 0.2) is 17.8 Å². The molecular weight excluding hydrogens is 262 g/mol. The number of hydrogen-bond acceptors (Lipinski definition) is 4. The van der Waals surface area contributed by atoms with Gasteiger partial charge in [-0.25, -0.2) is 4.98 Å². The first-order valence-electron chi connectivity index (χ1n) is 6.45. The van der Waals surface area contributed by atoms with E-state index in [-0.39, 0.29) is 12.0 Å². The van der Waals surface area contributed by atoms with Crippen LogP contribution in [0.5, 0.6) is 0 Å². The Labute approximate surface area is 115 Å². The minimum Gasteiger partial charge on any atom is -0.393 e. The van der Waals surface area contributed by atoms with Crippen molar-refractivity contribution in [1.29, 1.82) is 0 Å². The number of hydrogen-bond donors (Lipinski definition) is 1. The molecule has 19 heavy (non-hydrogen) atoms. The van der Waals surface area contributed by atoms with Gasteiger partial charge in [0.25, 0.3) is 0 Å². The molecule has 0 radical (unpaired) electrons. The van der Waals surface area contributed by atoms with E-state index in [0.29, 0.717) is 12.3 Å². The third-order valence-corrected chi connectivity index (χ3v) is 4.41. The van der Waals surface area contributed by atoms with E-state index in [4.69, 9.17) is 0 Å². The number of carbonyl (C=O) groups is 1. The van der Waals surface area contributed by atoms with Crippen LogP contribution in [0.4, 0.5) is 0 Å². The maximum atomic E-state index is 12.1. The van der Waals surface area contributed by atoms with Crippen LogP contribution in [-0.4, -0.2) is 45.0 Å². The minimum atomic E-state index is -0.159.